The second kappa shape index (κ2) is 4.35. The van der Waals surface area contributed by atoms with E-state index in [1.807, 2.05) is 12.1 Å². The number of ether oxygens (including phenoxy) is 3. The first-order chi connectivity index (χ1) is 8.70. The fourth-order valence-electron chi connectivity index (χ4n) is 2.11. The van der Waals surface area contributed by atoms with Crippen LogP contribution in [0.5, 0.6) is 17.2 Å². The van der Waals surface area contributed by atoms with Crippen LogP contribution < -0.4 is 19.5 Å². The maximum absolute atomic E-state index is 5.62. The van der Waals surface area contributed by atoms with Gasteiger partial charge in [0, 0.05) is 12.1 Å². The second-order valence-electron chi connectivity index (χ2n) is 5.24. The molecule has 1 aromatic carbocycles. The molecule has 4 heteroatoms. The van der Waals surface area contributed by atoms with Crippen molar-refractivity contribution in [1.29, 1.82) is 0 Å². The van der Waals surface area contributed by atoms with Crippen molar-refractivity contribution < 1.29 is 14.2 Å². The highest BCUT2D eigenvalue weighted by Gasteiger charge is 2.36. The highest BCUT2D eigenvalue weighted by atomic mass is 16.6. The first-order valence-corrected chi connectivity index (χ1v) is 6.42. The van der Waals surface area contributed by atoms with Crippen molar-refractivity contribution in [1.82, 2.24) is 5.32 Å². The molecule has 0 bridgehead atoms. The van der Waals surface area contributed by atoms with Crippen molar-refractivity contribution in [3.8, 4) is 17.2 Å². The van der Waals surface area contributed by atoms with E-state index in [0.717, 1.165) is 23.8 Å². The Morgan fingerprint density at radius 2 is 2.06 bits per heavy atom. The average molecular weight is 249 g/mol. The first-order valence-electron chi connectivity index (χ1n) is 6.42. The maximum Gasteiger partial charge on any atom is 0.203 e. The number of rotatable bonds is 4. The topological polar surface area (TPSA) is 39.7 Å². The third-order valence-corrected chi connectivity index (χ3v) is 3.61. The van der Waals surface area contributed by atoms with Crippen LogP contribution in [0.3, 0.4) is 0 Å². The molecule has 2 aliphatic rings. The van der Waals surface area contributed by atoms with Gasteiger partial charge < -0.3 is 19.5 Å². The molecule has 0 aromatic heterocycles. The monoisotopic (exact) mass is 249 g/mol. The molecule has 98 valence electrons. The summed E-state index contributed by atoms with van der Waals surface area (Å²) in [6, 6.07) is 4.06. The summed E-state index contributed by atoms with van der Waals surface area (Å²) in [5, 5.41) is 3.56. The van der Waals surface area contributed by atoms with Crippen molar-refractivity contribution in [3.05, 3.63) is 17.7 Å². The van der Waals surface area contributed by atoms with E-state index in [4.69, 9.17) is 14.2 Å². The first kappa shape index (κ1) is 11.7. The zero-order valence-electron chi connectivity index (χ0n) is 10.9. The molecule has 1 saturated carbocycles. The predicted octanol–water partition coefficient (Wildman–Crippen LogP) is 2.11. The molecular formula is C14H19NO3. The van der Waals surface area contributed by atoms with E-state index in [2.05, 4.69) is 12.2 Å². The van der Waals surface area contributed by atoms with Gasteiger partial charge in [0.2, 0.25) is 5.75 Å². The molecule has 0 spiro atoms. The van der Waals surface area contributed by atoms with Crippen LogP contribution in [0.25, 0.3) is 0 Å². The summed E-state index contributed by atoms with van der Waals surface area (Å²) in [5.41, 5.74) is 1.50. The summed E-state index contributed by atoms with van der Waals surface area (Å²) >= 11 is 0. The Bertz CT molecular complexity index is 437. The highest BCUT2D eigenvalue weighted by Crippen LogP contribution is 2.41. The number of methoxy groups -OCH3 is 1. The Hall–Kier alpha value is -1.42. The van der Waals surface area contributed by atoms with E-state index in [1.54, 1.807) is 7.11 Å². The van der Waals surface area contributed by atoms with Crippen LogP contribution >= 0.6 is 0 Å². The van der Waals surface area contributed by atoms with Crippen LogP contribution in [0.2, 0.25) is 0 Å². The van der Waals surface area contributed by atoms with Crippen LogP contribution in [0, 0.1) is 0 Å². The summed E-state index contributed by atoms with van der Waals surface area (Å²) in [4.78, 5) is 0. The van der Waals surface area contributed by atoms with E-state index >= 15 is 0 Å². The summed E-state index contributed by atoms with van der Waals surface area (Å²) in [7, 11) is 1.66. The van der Waals surface area contributed by atoms with Crippen LogP contribution in [0.15, 0.2) is 12.1 Å². The number of hydrogen-bond acceptors (Lipinski definition) is 4. The fraction of sp³-hybridized carbons (Fsp3) is 0.571. The van der Waals surface area contributed by atoms with Crippen LogP contribution in [-0.4, -0.2) is 25.9 Å². The molecule has 1 N–H and O–H groups in total. The minimum absolute atomic E-state index is 0.334. The quantitative estimate of drug-likeness (QED) is 0.887. The smallest absolute Gasteiger partial charge is 0.203 e. The maximum atomic E-state index is 5.62. The van der Waals surface area contributed by atoms with E-state index in [9.17, 15) is 0 Å². The normalized spacial score (nSPS) is 19.4. The van der Waals surface area contributed by atoms with Gasteiger partial charge in [-0.3, -0.25) is 0 Å². The number of benzene rings is 1. The Labute approximate surface area is 107 Å². The van der Waals surface area contributed by atoms with Gasteiger partial charge in [0.1, 0.15) is 13.2 Å². The Morgan fingerprint density at radius 1 is 1.28 bits per heavy atom. The van der Waals surface area contributed by atoms with Crippen molar-refractivity contribution in [2.24, 2.45) is 0 Å². The molecule has 18 heavy (non-hydrogen) atoms. The lowest BCUT2D eigenvalue weighted by Gasteiger charge is -2.22. The van der Waals surface area contributed by atoms with Gasteiger partial charge in [-0.05, 0) is 37.5 Å². The Balaban J connectivity index is 1.81. The summed E-state index contributed by atoms with van der Waals surface area (Å²) in [6.45, 7) is 4.27. The van der Waals surface area contributed by atoms with E-state index < -0.39 is 0 Å². The van der Waals surface area contributed by atoms with Crippen molar-refractivity contribution in [2.45, 2.75) is 31.8 Å². The fourth-order valence-corrected chi connectivity index (χ4v) is 2.11. The summed E-state index contributed by atoms with van der Waals surface area (Å²) in [5.74, 6) is 2.27. The van der Waals surface area contributed by atoms with Crippen LogP contribution in [0.1, 0.15) is 25.3 Å². The minimum atomic E-state index is 0.334. The van der Waals surface area contributed by atoms with E-state index in [-0.39, 0.29) is 0 Å². The minimum Gasteiger partial charge on any atom is -0.493 e. The molecule has 1 aliphatic carbocycles. The molecule has 1 aliphatic heterocycles. The zero-order chi connectivity index (χ0) is 12.6. The zero-order valence-corrected chi connectivity index (χ0v) is 10.9. The van der Waals surface area contributed by atoms with Crippen molar-refractivity contribution in [2.75, 3.05) is 20.3 Å². The van der Waals surface area contributed by atoms with E-state index in [1.165, 1.54) is 18.4 Å². The van der Waals surface area contributed by atoms with Gasteiger partial charge in [-0.15, -0.1) is 0 Å². The van der Waals surface area contributed by atoms with Crippen molar-refractivity contribution in [3.63, 3.8) is 0 Å². The molecule has 0 radical (unpaired) electrons. The standard InChI is InChI=1S/C14H19NO3/c1-14(3-4-14)15-9-10-7-11(16-2)13-12(8-10)17-5-6-18-13/h7-8,15H,3-6,9H2,1-2H3. The second-order valence-corrected chi connectivity index (χ2v) is 5.24. The molecule has 1 heterocycles. The number of nitrogens with one attached hydrogen (secondary N) is 1. The van der Waals surface area contributed by atoms with Crippen LogP contribution in [0.4, 0.5) is 0 Å². The molecule has 0 atom stereocenters. The van der Waals surface area contributed by atoms with Gasteiger partial charge in [-0.1, -0.05) is 0 Å². The Morgan fingerprint density at radius 3 is 2.78 bits per heavy atom. The van der Waals surface area contributed by atoms with Gasteiger partial charge in [-0.25, -0.2) is 0 Å². The molecule has 1 fully saturated rings. The molecule has 0 amide bonds. The number of fused-ring (bicyclic) bond motifs is 1. The molecule has 0 saturated heterocycles. The molecule has 3 rings (SSSR count). The van der Waals surface area contributed by atoms with Crippen LogP contribution in [-0.2, 0) is 6.54 Å². The average Bonchev–Trinajstić information content (AvgIpc) is 3.14. The predicted molar refractivity (Wildman–Crippen MR) is 68.5 cm³/mol. The molecular weight excluding hydrogens is 230 g/mol. The van der Waals surface area contributed by atoms with Gasteiger partial charge in [0.25, 0.3) is 0 Å². The molecule has 4 nitrogen and oxygen atoms in total. The van der Waals surface area contributed by atoms with Gasteiger partial charge >= 0.3 is 0 Å². The van der Waals surface area contributed by atoms with Gasteiger partial charge in [-0.2, -0.15) is 0 Å². The van der Waals surface area contributed by atoms with Gasteiger partial charge in [0.15, 0.2) is 11.5 Å². The number of hydrogen-bond donors (Lipinski definition) is 1. The molecule has 0 unspecified atom stereocenters. The Kier molecular flexibility index (Phi) is 2.82. The van der Waals surface area contributed by atoms with Gasteiger partial charge in [0.05, 0.1) is 7.11 Å². The largest absolute Gasteiger partial charge is 0.493 e. The lowest BCUT2D eigenvalue weighted by Crippen LogP contribution is -2.27. The summed E-state index contributed by atoms with van der Waals surface area (Å²) < 4.78 is 16.6. The molecule has 1 aromatic rings. The summed E-state index contributed by atoms with van der Waals surface area (Å²) in [6.07, 6.45) is 2.52. The third-order valence-electron chi connectivity index (χ3n) is 3.61. The SMILES string of the molecule is COc1cc(CNC2(C)CC2)cc2c1OCCO2. The lowest BCUT2D eigenvalue weighted by molar-refractivity contribution is 0.165. The highest BCUT2D eigenvalue weighted by molar-refractivity contribution is 5.54. The van der Waals surface area contributed by atoms with E-state index in [0.29, 0.717) is 18.8 Å². The van der Waals surface area contributed by atoms with Crippen molar-refractivity contribution >= 4 is 0 Å². The third kappa shape index (κ3) is 2.25. The lowest BCUT2D eigenvalue weighted by atomic mass is 10.1.